The van der Waals surface area contributed by atoms with Crippen LogP contribution >= 0.6 is 7.52 Å². The average Bonchev–Trinajstić information content (AvgIpc) is 2.45. The SMILES string of the molecule is [B][C@H]1CC(NP(=O)(O)CC)[C@@H](CC)O1. The number of rotatable bonds is 4. The fourth-order valence-electron chi connectivity index (χ4n) is 1.64. The van der Waals surface area contributed by atoms with E-state index in [4.69, 9.17) is 12.6 Å². The minimum Gasteiger partial charge on any atom is -0.383 e. The molecule has 0 saturated carbocycles. The van der Waals surface area contributed by atoms with Crippen molar-refractivity contribution in [3.05, 3.63) is 0 Å². The van der Waals surface area contributed by atoms with E-state index < -0.39 is 7.52 Å². The van der Waals surface area contributed by atoms with Crippen LogP contribution in [-0.4, -0.2) is 37.1 Å². The van der Waals surface area contributed by atoms with E-state index in [1.165, 1.54) is 0 Å². The molecular weight excluding hydrogens is 200 g/mol. The van der Waals surface area contributed by atoms with E-state index >= 15 is 0 Å². The zero-order chi connectivity index (χ0) is 10.8. The molecule has 1 aliphatic heterocycles. The highest BCUT2D eigenvalue weighted by atomic mass is 31.2. The lowest BCUT2D eigenvalue weighted by Gasteiger charge is -2.21. The first-order valence-electron chi connectivity index (χ1n) is 4.99. The van der Waals surface area contributed by atoms with Gasteiger partial charge in [0.1, 0.15) is 7.85 Å². The maximum absolute atomic E-state index is 11.5. The van der Waals surface area contributed by atoms with Crippen molar-refractivity contribution in [3.8, 4) is 0 Å². The monoisotopic (exact) mass is 217 g/mol. The van der Waals surface area contributed by atoms with Gasteiger partial charge in [-0.05, 0) is 12.8 Å². The molecule has 4 atom stereocenters. The number of hydrogen-bond donors (Lipinski definition) is 2. The Morgan fingerprint density at radius 2 is 2.29 bits per heavy atom. The van der Waals surface area contributed by atoms with Gasteiger partial charge in [0.2, 0.25) is 0 Å². The molecule has 0 bridgehead atoms. The highest BCUT2D eigenvalue weighted by molar-refractivity contribution is 7.55. The quantitative estimate of drug-likeness (QED) is 0.541. The molecule has 2 unspecified atom stereocenters. The summed E-state index contributed by atoms with van der Waals surface area (Å²) in [5.41, 5.74) is 0. The Hall–Kier alpha value is 0.175. The predicted molar refractivity (Wildman–Crippen MR) is 56.6 cm³/mol. The summed E-state index contributed by atoms with van der Waals surface area (Å²) in [6.45, 7) is 3.66. The Morgan fingerprint density at radius 3 is 2.79 bits per heavy atom. The van der Waals surface area contributed by atoms with E-state index in [0.717, 1.165) is 6.42 Å². The topological polar surface area (TPSA) is 58.6 Å². The van der Waals surface area contributed by atoms with Gasteiger partial charge in [-0.2, -0.15) is 0 Å². The van der Waals surface area contributed by atoms with Crippen molar-refractivity contribution in [2.75, 3.05) is 6.16 Å². The third-order valence-corrected chi connectivity index (χ3v) is 4.08. The summed E-state index contributed by atoms with van der Waals surface area (Å²) in [7, 11) is 2.43. The standard InChI is InChI=1S/C8H17BNO3P/c1-3-7-6(5-8(9)13-7)10-14(11,12)4-2/h6-8H,3-5H2,1-2H3,(H2,10,11,12)/t6?,7-,8-/m1/s1. The molecule has 0 amide bonds. The van der Waals surface area contributed by atoms with Crippen LogP contribution in [-0.2, 0) is 9.30 Å². The summed E-state index contributed by atoms with van der Waals surface area (Å²) in [4.78, 5) is 9.43. The molecule has 1 heterocycles. The van der Waals surface area contributed by atoms with Crippen LogP contribution in [0.4, 0.5) is 0 Å². The van der Waals surface area contributed by atoms with Crippen LogP contribution in [0.3, 0.4) is 0 Å². The highest BCUT2D eigenvalue weighted by Gasteiger charge is 2.34. The molecule has 1 rings (SSSR count). The zero-order valence-electron chi connectivity index (χ0n) is 8.64. The largest absolute Gasteiger partial charge is 0.383 e. The third-order valence-electron chi connectivity index (χ3n) is 2.48. The fourth-order valence-corrected chi connectivity index (χ4v) is 2.62. The summed E-state index contributed by atoms with van der Waals surface area (Å²) in [5.74, 6) is 0. The number of hydrogen-bond acceptors (Lipinski definition) is 2. The van der Waals surface area contributed by atoms with Crippen molar-refractivity contribution in [2.24, 2.45) is 0 Å². The van der Waals surface area contributed by atoms with Gasteiger partial charge >= 0.3 is 0 Å². The van der Waals surface area contributed by atoms with Gasteiger partial charge < -0.3 is 9.63 Å². The van der Waals surface area contributed by atoms with Crippen LogP contribution in [0.15, 0.2) is 0 Å². The molecule has 80 valence electrons. The smallest absolute Gasteiger partial charge is 0.267 e. The van der Waals surface area contributed by atoms with Crippen LogP contribution in [0.5, 0.6) is 0 Å². The van der Waals surface area contributed by atoms with E-state index in [1.807, 2.05) is 6.92 Å². The lowest BCUT2D eigenvalue weighted by Crippen LogP contribution is -2.34. The van der Waals surface area contributed by atoms with Crippen LogP contribution in [0, 0.1) is 0 Å². The summed E-state index contributed by atoms with van der Waals surface area (Å²) in [5, 5.41) is 2.74. The Morgan fingerprint density at radius 1 is 1.64 bits per heavy atom. The molecule has 2 N–H and O–H groups in total. The average molecular weight is 217 g/mol. The first-order valence-corrected chi connectivity index (χ1v) is 6.83. The lowest BCUT2D eigenvalue weighted by atomic mass is 9.95. The molecule has 6 heteroatoms. The normalized spacial score (nSPS) is 36.9. The van der Waals surface area contributed by atoms with Crippen molar-refractivity contribution in [1.29, 1.82) is 0 Å². The van der Waals surface area contributed by atoms with Crippen molar-refractivity contribution in [1.82, 2.24) is 5.09 Å². The van der Waals surface area contributed by atoms with Gasteiger partial charge in [-0.3, -0.25) is 4.57 Å². The summed E-state index contributed by atoms with van der Waals surface area (Å²) >= 11 is 0. The second-order valence-corrected chi connectivity index (χ2v) is 5.90. The second-order valence-electron chi connectivity index (χ2n) is 3.61. The molecule has 2 radical (unpaired) electrons. The fraction of sp³-hybridized carbons (Fsp3) is 1.00. The van der Waals surface area contributed by atoms with Gasteiger partial charge in [0.15, 0.2) is 0 Å². The molecule has 0 spiro atoms. The zero-order valence-corrected chi connectivity index (χ0v) is 9.54. The lowest BCUT2D eigenvalue weighted by molar-refractivity contribution is 0.0779. The number of ether oxygens (including phenoxy) is 1. The maximum atomic E-state index is 11.5. The molecule has 0 aliphatic carbocycles. The van der Waals surface area contributed by atoms with E-state index in [0.29, 0.717) is 6.42 Å². The van der Waals surface area contributed by atoms with Crippen molar-refractivity contribution in [2.45, 2.75) is 44.8 Å². The van der Waals surface area contributed by atoms with Crippen molar-refractivity contribution in [3.63, 3.8) is 0 Å². The molecule has 1 aliphatic rings. The summed E-state index contributed by atoms with van der Waals surface area (Å²) < 4.78 is 16.9. The van der Waals surface area contributed by atoms with Crippen molar-refractivity contribution < 1.29 is 14.2 Å². The Bertz CT molecular complexity index is 239. The van der Waals surface area contributed by atoms with Gasteiger partial charge in [0.05, 0.1) is 6.10 Å². The van der Waals surface area contributed by atoms with Gasteiger partial charge in [-0.25, -0.2) is 5.09 Å². The Kier molecular flexibility index (Phi) is 4.20. The van der Waals surface area contributed by atoms with Crippen LogP contribution in [0.1, 0.15) is 26.7 Å². The molecule has 0 aromatic rings. The van der Waals surface area contributed by atoms with Crippen LogP contribution in [0.25, 0.3) is 0 Å². The number of nitrogens with one attached hydrogen (secondary N) is 1. The molecule has 1 saturated heterocycles. The maximum Gasteiger partial charge on any atom is 0.267 e. The first kappa shape index (κ1) is 12.2. The minimum atomic E-state index is -3.19. The third kappa shape index (κ3) is 3.09. The molecule has 4 nitrogen and oxygen atoms in total. The Labute approximate surface area is 86.3 Å². The molecule has 0 aromatic carbocycles. The minimum absolute atomic E-state index is 0.0444. The van der Waals surface area contributed by atoms with Crippen LogP contribution < -0.4 is 5.09 Å². The van der Waals surface area contributed by atoms with Gasteiger partial charge in [0, 0.05) is 18.2 Å². The molecular formula is C8H17BNO3P. The van der Waals surface area contributed by atoms with Crippen molar-refractivity contribution >= 4 is 15.4 Å². The Balaban J connectivity index is 2.55. The van der Waals surface area contributed by atoms with Gasteiger partial charge in [-0.15, -0.1) is 0 Å². The first-order chi connectivity index (χ1) is 6.48. The summed E-state index contributed by atoms with van der Waals surface area (Å²) in [6, 6.07) is -0.403. The van der Waals surface area contributed by atoms with E-state index in [2.05, 4.69) is 5.09 Å². The predicted octanol–water partition coefficient (Wildman–Crippen LogP) is 0.843. The summed E-state index contributed by atoms with van der Waals surface area (Å²) in [6.07, 6.45) is 1.59. The van der Waals surface area contributed by atoms with Gasteiger partial charge in [0.25, 0.3) is 7.52 Å². The second kappa shape index (κ2) is 4.80. The van der Waals surface area contributed by atoms with Crippen LogP contribution in [0.2, 0.25) is 0 Å². The van der Waals surface area contributed by atoms with E-state index in [-0.39, 0.29) is 24.3 Å². The molecule has 14 heavy (non-hydrogen) atoms. The molecule has 1 fully saturated rings. The highest BCUT2D eigenvalue weighted by Crippen LogP contribution is 2.38. The van der Waals surface area contributed by atoms with Gasteiger partial charge in [-0.1, -0.05) is 13.8 Å². The van der Waals surface area contributed by atoms with E-state index in [1.54, 1.807) is 6.92 Å². The van der Waals surface area contributed by atoms with E-state index in [9.17, 15) is 9.46 Å². The molecule has 0 aromatic heterocycles.